The Kier molecular flexibility index (Phi) is 30.2. The van der Waals surface area contributed by atoms with E-state index in [4.69, 9.17) is 9.47 Å². The Bertz CT molecular complexity index is 704. The highest BCUT2D eigenvalue weighted by Gasteiger charge is 2.40. The van der Waals surface area contributed by atoms with Gasteiger partial charge in [0.2, 0.25) is 0 Å². The lowest BCUT2D eigenvalue weighted by Crippen LogP contribution is -2.31. The lowest BCUT2D eigenvalue weighted by atomic mass is 9.98. The van der Waals surface area contributed by atoms with Crippen LogP contribution in [0.3, 0.4) is 0 Å². The van der Waals surface area contributed by atoms with Gasteiger partial charge in [-0.15, -0.1) is 0 Å². The third-order valence-electron chi connectivity index (χ3n) is 9.33. The summed E-state index contributed by atoms with van der Waals surface area (Å²) in [5, 5.41) is 0. The first-order valence-corrected chi connectivity index (χ1v) is 20.2. The van der Waals surface area contributed by atoms with Gasteiger partial charge in [0.05, 0.1) is 12.7 Å². The van der Waals surface area contributed by atoms with Crippen molar-refractivity contribution in [3.05, 3.63) is 48.6 Å². The van der Waals surface area contributed by atoms with E-state index in [-0.39, 0.29) is 11.9 Å². The van der Waals surface area contributed by atoms with Crippen molar-refractivity contribution < 1.29 is 9.47 Å². The van der Waals surface area contributed by atoms with E-state index in [1.165, 1.54) is 141 Å². The number of ether oxygens (including phenoxy) is 2. The van der Waals surface area contributed by atoms with Crippen LogP contribution in [0, 0.1) is 0 Å². The SMILES string of the molecule is CCCCCC=CCC=CCCCCCCCCC1(CCCCCCCCC=CCC=CCCCCC)OC[C@@H](CCN(C)C)O1. The van der Waals surface area contributed by atoms with E-state index in [2.05, 4.69) is 81.5 Å². The van der Waals surface area contributed by atoms with Crippen molar-refractivity contribution in [1.29, 1.82) is 0 Å². The van der Waals surface area contributed by atoms with E-state index in [0.717, 1.165) is 45.3 Å². The molecule has 1 heterocycles. The number of hydrogen-bond donors (Lipinski definition) is 0. The first-order chi connectivity index (χ1) is 22.6. The normalized spacial score (nSPS) is 19.0. The number of hydrogen-bond acceptors (Lipinski definition) is 3. The first kappa shape index (κ1) is 42.9. The minimum absolute atomic E-state index is 0.261. The molecule has 1 saturated heterocycles. The number of nitrogens with zero attached hydrogens (tertiary/aromatic N) is 1. The van der Waals surface area contributed by atoms with Crippen molar-refractivity contribution >= 4 is 0 Å². The van der Waals surface area contributed by atoms with Gasteiger partial charge in [-0.2, -0.15) is 0 Å². The van der Waals surface area contributed by atoms with Gasteiger partial charge in [-0.25, -0.2) is 0 Å². The molecule has 1 fully saturated rings. The standard InChI is InChI=1S/C43H79NO2/c1-5-7-9-11-13-15-17-19-21-23-25-27-29-31-33-35-38-43(45-41-42(46-43)37-40-44(3)4)39-36-34-32-30-28-26-24-22-20-18-16-14-12-10-8-6-2/h13-16,19-22,42H,5-12,17-18,23-41H2,1-4H3/t42-,43?/m1/s1. The van der Waals surface area contributed by atoms with Crippen LogP contribution in [-0.2, 0) is 9.47 Å². The zero-order valence-electron chi connectivity index (χ0n) is 31.5. The second-order valence-corrected chi connectivity index (χ2v) is 14.2. The zero-order chi connectivity index (χ0) is 33.2. The highest BCUT2D eigenvalue weighted by Crippen LogP contribution is 2.35. The Morgan fingerprint density at radius 2 is 0.913 bits per heavy atom. The second kappa shape index (κ2) is 32.4. The number of rotatable bonds is 33. The number of unbranched alkanes of at least 4 members (excludes halogenated alkanes) is 18. The molecule has 0 aromatic rings. The van der Waals surface area contributed by atoms with E-state index < -0.39 is 0 Å². The molecule has 1 rings (SSSR count). The summed E-state index contributed by atoms with van der Waals surface area (Å²) < 4.78 is 13.1. The van der Waals surface area contributed by atoms with Gasteiger partial charge >= 0.3 is 0 Å². The van der Waals surface area contributed by atoms with E-state index in [1.807, 2.05) is 0 Å². The monoisotopic (exact) mass is 642 g/mol. The molecule has 0 aromatic heterocycles. The van der Waals surface area contributed by atoms with Crippen LogP contribution in [0.2, 0.25) is 0 Å². The van der Waals surface area contributed by atoms with E-state index >= 15 is 0 Å². The second-order valence-electron chi connectivity index (χ2n) is 14.2. The molecule has 3 heteroatoms. The maximum atomic E-state index is 6.67. The Morgan fingerprint density at radius 3 is 1.33 bits per heavy atom. The average molecular weight is 642 g/mol. The van der Waals surface area contributed by atoms with Gasteiger partial charge in [0.15, 0.2) is 5.79 Å². The summed E-state index contributed by atoms with van der Waals surface area (Å²) in [5.41, 5.74) is 0. The average Bonchev–Trinajstić information content (AvgIpc) is 3.46. The summed E-state index contributed by atoms with van der Waals surface area (Å²) in [5.74, 6) is -0.318. The third kappa shape index (κ3) is 26.9. The molecule has 3 nitrogen and oxygen atoms in total. The third-order valence-corrected chi connectivity index (χ3v) is 9.33. The van der Waals surface area contributed by atoms with E-state index in [0.29, 0.717) is 0 Å². The van der Waals surface area contributed by atoms with Crippen LogP contribution in [0.25, 0.3) is 0 Å². The molecule has 0 aliphatic carbocycles. The molecule has 0 bridgehead atoms. The van der Waals surface area contributed by atoms with E-state index in [9.17, 15) is 0 Å². The molecule has 0 radical (unpaired) electrons. The molecule has 0 spiro atoms. The molecule has 1 atom stereocenters. The van der Waals surface area contributed by atoms with Crippen LogP contribution in [0.4, 0.5) is 0 Å². The van der Waals surface area contributed by atoms with Crippen molar-refractivity contribution in [2.45, 2.75) is 199 Å². The topological polar surface area (TPSA) is 21.7 Å². The Balaban J connectivity index is 2.16. The van der Waals surface area contributed by atoms with Gasteiger partial charge in [-0.3, -0.25) is 0 Å². The van der Waals surface area contributed by atoms with Crippen molar-refractivity contribution in [3.8, 4) is 0 Å². The molecule has 0 amide bonds. The predicted octanol–water partition coefficient (Wildman–Crippen LogP) is 13.5. The zero-order valence-corrected chi connectivity index (χ0v) is 31.5. The molecule has 1 aliphatic rings. The Labute approximate surface area is 288 Å². The summed E-state index contributed by atoms with van der Waals surface area (Å²) in [4.78, 5) is 2.26. The molecular weight excluding hydrogens is 562 g/mol. The maximum Gasteiger partial charge on any atom is 0.168 e. The lowest BCUT2D eigenvalue weighted by Gasteiger charge is -2.29. The van der Waals surface area contributed by atoms with Crippen LogP contribution in [0.15, 0.2) is 48.6 Å². The molecule has 1 aliphatic heterocycles. The van der Waals surface area contributed by atoms with Crippen molar-refractivity contribution in [1.82, 2.24) is 4.90 Å². The molecule has 46 heavy (non-hydrogen) atoms. The molecule has 0 unspecified atom stereocenters. The van der Waals surface area contributed by atoms with Gasteiger partial charge in [0.25, 0.3) is 0 Å². The van der Waals surface area contributed by atoms with Crippen molar-refractivity contribution in [2.24, 2.45) is 0 Å². The van der Waals surface area contributed by atoms with Crippen LogP contribution in [-0.4, -0.2) is 44.0 Å². The van der Waals surface area contributed by atoms with Crippen LogP contribution in [0.5, 0.6) is 0 Å². The summed E-state index contributed by atoms with van der Waals surface area (Å²) in [6, 6.07) is 0. The van der Waals surface area contributed by atoms with E-state index in [1.54, 1.807) is 0 Å². The highest BCUT2D eigenvalue weighted by molar-refractivity contribution is 4.93. The fourth-order valence-corrected chi connectivity index (χ4v) is 6.31. The molecule has 0 aromatic carbocycles. The van der Waals surface area contributed by atoms with Gasteiger partial charge in [0, 0.05) is 19.4 Å². The quantitative estimate of drug-likeness (QED) is 0.0526. The van der Waals surface area contributed by atoms with Gasteiger partial charge in [0.1, 0.15) is 0 Å². The molecule has 0 saturated carbocycles. The number of allylic oxidation sites excluding steroid dienone is 8. The van der Waals surface area contributed by atoms with Crippen molar-refractivity contribution in [2.75, 3.05) is 27.2 Å². The summed E-state index contributed by atoms with van der Waals surface area (Å²) in [7, 11) is 4.30. The largest absolute Gasteiger partial charge is 0.347 e. The molecular formula is C43H79NO2. The lowest BCUT2D eigenvalue weighted by molar-refractivity contribution is -0.180. The molecule has 0 N–H and O–H groups in total. The van der Waals surface area contributed by atoms with Crippen molar-refractivity contribution in [3.63, 3.8) is 0 Å². The van der Waals surface area contributed by atoms with Crippen LogP contribution < -0.4 is 0 Å². The van der Waals surface area contributed by atoms with Crippen LogP contribution >= 0.6 is 0 Å². The summed E-state index contributed by atoms with van der Waals surface area (Å²) in [6.07, 6.45) is 53.3. The predicted molar refractivity (Wildman–Crippen MR) is 205 cm³/mol. The first-order valence-electron chi connectivity index (χ1n) is 20.2. The van der Waals surface area contributed by atoms with Gasteiger partial charge < -0.3 is 14.4 Å². The maximum absolute atomic E-state index is 6.67. The van der Waals surface area contributed by atoms with Gasteiger partial charge in [-0.05, 0) is 97.6 Å². The highest BCUT2D eigenvalue weighted by atomic mass is 16.7. The Morgan fingerprint density at radius 1 is 0.522 bits per heavy atom. The minimum atomic E-state index is -0.318. The summed E-state index contributed by atoms with van der Waals surface area (Å²) in [6.45, 7) is 6.38. The van der Waals surface area contributed by atoms with Gasteiger partial charge in [-0.1, -0.05) is 140 Å². The van der Waals surface area contributed by atoms with Crippen LogP contribution in [0.1, 0.15) is 187 Å². The Hall–Kier alpha value is -1.16. The summed E-state index contributed by atoms with van der Waals surface area (Å²) >= 11 is 0. The smallest absolute Gasteiger partial charge is 0.168 e. The minimum Gasteiger partial charge on any atom is -0.347 e. The fraction of sp³-hybridized carbons (Fsp3) is 0.814. The molecule has 268 valence electrons. The fourth-order valence-electron chi connectivity index (χ4n) is 6.31.